The molecule has 84 valence electrons. The molecule has 1 fully saturated rings. The normalized spacial score (nSPS) is 20.5. The van der Waals surface area contributed by atoms with Crippen LogP contribution in [0.2, 0.25) is 0 Å². The highest BCUT2D eigenvalue weighted by Gasteiger charge is 2.12. The zero-order valence-corrected chi connectivity index (χ0v) is 9.81. The van der Waals surface area contributed by atoms with Gasteiger partial charge in [0, 0.05) is 18.8 Å². The molecular formula is C11H18ClN3. The van der Waals surface area contributed by atoms with Gasteiger partial charge in [0.1, 0.15) is 5.82 Å². The van der Waals surface area contributed by atoms with Crippen LogP contribution in [-0.2, 0) is 0 Å². The Balaban J connectivity index is 0.00000112. The Morgan fingerprint density at radius 3 is 2.93 bits per heavy atom. The molecule has 0 aromatic carbocycles. The molecule has 0 spiro atoms. The molecule has 0 unspecified atom stereocenters. The standard InChI is InChI=1S/C11H17N3.ClH/c1-9-4-5-11(13-7-9)14-10-3-2-6-12-8-10;/h4-5,7,10,12H,2-3,6,8H2,1H3,(H,13,14);1H/t10-;/m1./s1. The van der Waals surface area contributed by atoms with Crippen LogP contribution < -0.4 is 10.6 Å². The number of nitrogens with one attached hydrogen (secondary N) is 2. The lowest BCUT2D eigenvalue weighted by molar-refractivity contribution is 0.479. The first-order valence-electron chi connectivity index (χ1n) is 5.24. The van der Waals surface area contributed by atoms with Crippen LogP contribution in [0.15, 0.2) is 18.3 Å². The molecule has 2 N–H and O–H groups in total. The summed E-state index contributed by atoms with van der Waals surface area (Å²) < 4.78 is 0. The molecule has 1 saturated heterocycles. The maximum absolute atomic E-state index is 4.33. The molecule has 0 saturated carbocycles. The highest BCUT2D eigenvalue weighted by atomic mass is 35.5. The lowest BCUT2D eigenvalue weighted by Gasteiger charge is -2.24. The van der Waals surface area contributed by atoms with Gasteiger partial charge in [-0.1, -0.05) is 6.07 Å². The number of anilines is 1. The van der Waals surface area contributed by atoms with Gasteiger partial charge in [0.15, 0.2) is 0 Å². The average molecular weight is 228 g/mol. The van der Waals surface area contributed by atoms with E-state index in [2.05, 4.69) is 28.6 Å². The van der Waals surface area contributed by atoms with E-state index in [0.717, 1.165) is 18.9 Å². The molecular weight excluding hydrogens is 210 g/mol. The van der Waals surface area contributed by atoms with E-state index in [1.807, 2.05) is 12.3 Å². The van der Waals surface area contributed by atoms with Gasteiger partial charge < -0.3 is 10.6 Å². The van der Waals surface area contributed by atoms with Crippen molar-refractivity contribution in [2.24, 2.45) is 0 Å². The van der Waals surface area contributed by atoms with Gasteiger partial charge in [-0.15, -0.1) is 12.4 Å². The van der Waals surface area contributed by atoms with Crippen LogP contribution in [0.1, 0.15) is 18.4 Å². The zero-order valence-electron chi connectivity index (χ0n) is 8.99. The van der Waals surface area contributed by atoms with Crippen LogP contribution >= 0.6 is 12.4 Å². The third-order valence-electron chi connectivity index (χ3n) is 2.56. The maximum atomic E-state index is 4.33. The first kappa shape index (κ1) is 12.3. The summed E-state index contributed by atoms with van der Waals surface area (Å²) in [7, 11) is 0. The van der Waals surface area contributed by atoms with Gasteiger partial charge in [-0.05, 0) is 37.9 Å². The van der Waals surface area contributed by atoms with Gasteiger partial charge in [-0.2, -0.15) is 0 Å². The molecule has 0 amide bonds. The summed E-state index contributed by atoms with van der Waals surface area (Å²) in [6.45, 7) is 4.26. The van der Waals surface area contributed by atoms with Crippen molar-refractivity contribution in [3.8, 4) is 0 Å². The zero-order chi connectivity index (χ0) is 9.80. The molecule has 1 aliphatic heterocycles. The second kappa shape index (κ2) is 5.93. The molecule has 4 heteroatoms. The summed E-state index contributed by atoms with van der Waals surface area (Å²) in [4.78, 5) is 4.33. The van der Waals surface area contributed by atoms with Crippen LogP contribution in [0, 0.1) is 6.92 Å². The van der Waals surface area contributed by atoms with Gasteiger partial charge in [0.2, 0.25) is 0 Å². The topological polar surface area (TPSA) is 37.0 Å². The number of hydrogen-bond donors (Lipinski definition) is 2. The fourth-order valence-corrected chi connectivity index (χ4v) is 1.74. The average Bonchev–Trinajstić information content (AvgIpc) is 2.23. The fourth-order valence-electron chi connectivity index (χ4n) is 1.74. The van der Waals surface area contributed by atoms with E-state index in [1.165, 1.54) is 18.4 Å². The van der Waals surface area contributed by atoms with E-state index < -0.39 is 0 Å². The third kappa shape index (κ3) is 3.68. The van der Waals surface area contributed by atoms with Crippen LogP contribution in [0.25, 0.3) is 0 Å². The van der Waals surface area contributed by atoms with Gasteiger partial charge in [-0.25, -0.2) is 4.98 Å². The minimum Gasteiger partial charge on any atom is -0.366 e. The maximum Gasteiger partial charge on any atom is 0.126 e. The van der Waals surface area contributed by atoms with E-state index in [0.29, 0.717) is 6.04 Å². The van der Waals surface area contributed by atoms with Gasteiger partial charge in [0.25, 0.3) is 0 Å². The van der Waals surface area contributed by atoms with E-state index in [9.17, 15) is 0 Å². The second-order valence-electron chi connectivity index (χ2n) is 3.91. The highest BCUT2D eigenvalue weighted by Crippen LogP contribution is 2.10. The number of nitrogens with zero attached hydrogens (tertiary/aromatic N) is 1. The van der Waals surface area contributed by atoms with E-state index in [-0.39, 0.29) is 12.4 Å². The summed E-state index contributed by atoms with van der Waals surface area (Å²) in [6, 6.07) is 4.68. The summed E-state index contributed by atoms with van der Waals surface area (Å²) in [5.41, 5.74) is 1.21. The van der Waals surface area contributed by atoms with Gasteiger partial charge >= 0.3 is 0 Å². The van der Waals surface area contributed by atoms with Crippen molar-refractivity contribution in [1.82, 2.24) is 10.3 Å². The Bertz CT molecular complexity index is 280. The van der Waals surface area contributed by atoms with Crippen LogP contribution in [0.4, 0.5) is 5.82 Å². The number of aromatic nitrogens is 1. The molecule has 1 aromatic rings. The minimum absolute atomic E-state index is 0. The quantitative estimate of drug-likeness (QED) is 0.811. The van der Waals surface area contributed by atoms with Gasteiger partial charge in [-0.3, -0.25) is 0 Å². The predicted octanol–water partition coefficient (Wildman–Crippen LogP) is 1.98. The summed E-state index contributed by atoms with van der Waals surface area (Å²) >= 11 is 0. The number of hydrogen-bond acceptors (Lipinski definition) is 3. The number of pyridine rings is 1. The molecule has 0 aliphatic carbocycles. The largest absolute Gasteiger partial charge is 0.366 e. The number of halogens is 1. The first-order chi connectivity index (χ1) is 6.84. The van der Waals surface area contributed by atoms with E-state index in [4.69, 9.17) is 0 Å². The highest BCUT2D eigenvalue weighted by molar-refractivity contribution is 5.85. The molecule has 0 radical (unpaired) electrons. The van der Waals surface area contributed by atoms with Crippen molar-refractivity contribution in [2.75, 3.05) is 18.4 Å². The Labute approximate surface area is 97.1 Å². The number of piperidine rings is 1. The van der Waals surface area contributed by atoms with Crippen LogP contribution in [-0.4, -0.2) is 24.1 Å². The van der Waals surface area contributed by atoms with E-state index >= 15 is 0 Å². The lowest BCUT2D eigenvalue weighted by Crippen LogP contribution is -2.38. The molecule has 15 heavy (non-hydrogen) atoms. The second-order valence-corrected chi connectivity index (χ2v) is 3.91. The molecule has 0 bridgehead atoms. The Hall–Kier alpha value is -0.800. The molecule has 1 atom stereocenters. The summed E-state index contributed by atoms with van der Waals surface area (Å²) in [5, 5.41) is 6.81. The Morgan fingerprint density at radius 1 is 1.47 bits per heavy atom. The van der Waals surface area contributed by atoms with Crippen molar-refractivity contribution in [1.29, 1.82) is 0 Å². The third-order valence-corrected chi connectivity index (χ3v) is 2.56. The molecule has 2 rings (SSSR count). The smallest absolute Gasteiger partial charge is 0.126 e. The SMILES string of the molecule is Cc1ccc(N[C@@H]2CCCNC2)nc1.Cl. The minimum atomic E-state index is 0. The lowest BCUT2D eigenvalue weighted by atomic mass is 10.1. The monoisotopic (exact) mass is 227 g/mol. The van der Waals surface area contributed by atoms with Crippen molar-refractivity contribution < 1.29 is 0 Å². The van der Waals surface area contributed by atoms with Crippen molar-refractivity contribution in [3.63, 3.8) is 0 Å². The molecule has 1 aliphatic rings. The van der Waals surface area contributed by atoms with E-state index in [1.54, 1.807) is 0 Å². The Morgan fingerprint density at radius 2 is 2.33 bits per heavy atom. The predicted molar refractivity (Wildman–Crippen MR) is 65.7 cm³/mol. The van der Waals surface area contributed by atoms with Gasteiger partial charge in [0.05, 0.1) is 0 Å². The first-order valence-corrected chi connectivity index (χ1v) is 5.24. The van der Waals surface area contributed by atoms with Crippen molar-refractivity contribution >= 4 is 18.2 Å². The number of rotatable bonds is 2. The summed E-state index contributed by atoms with van der Waals surface area (Å²) in [5.74, 6) is 0.990. The van der Waals surface area contributed by atoms with Crippen LogP contribution in [0.5, 0.6) is 0 Å². The van der Waals surface area contributed by atoms with Crippen molar-refractivity contribution in [3.05, 3.63) is 23.9 Å². The Kier molecular flexibility index (Phi) is 4.85. The fraction of sp³-hybridized carbons (Fsp3) is 0.545. The number of aryl methyl sites for hydroxylation is 1. The summed E-state index contributed by atoms with van der Waals surface area (Å²) in [6.07, 6.45) is 4.39. The molecule has 3 nitrogen and oxygen atoms in total. The molecule has 2 heterocycles. The molecule has 1 aromatic heterocycles. The van der Waals surface area contributed by atoms with Crippen molar-refractivity contribution in [2.45, 2.75) is 25.8 Å². The van der Waals surface area contributed by atoms with Crippen LogP contribution in [0.3, 0.4) is 0 Å².